The molecule has 2 N–H and O–H groups in total. The van der Waals surface area contributed by atoms with Crippen molar-refractivity contribution in [2.24, 2.45) is 0 Å². The van der Waals surface area contributed by atoms with Crippen LogP contribution in [0.4, 0.5) is 14.5 Å². The van der Waals surface area contributed by atoms with Gasteiger partial charge in [0.15, 0.2) is 0 Å². The molecule has 5 nitrogen and oxygen atoms in total. The molecule has 0 aromatic heterocycles. The molecule has 2 atom stereocenters. The maximum Gasteiger partial charge on any atom is 0.262 e. The standard InChI is InChI=1S/C17H21F2N3O2.ClH/c1-11(21-16(24)14-9-17(18,19)10-20-14)12-4-2-5-13(8-12)22-7-3-6-15(22)23;/h2,4-5,8,11,14,20H,3,6-7,9-10H2,1H3,(H,21,24);1H. The van der Waals surface area contributed by atoms with Gasteiger partial charge in [0.1, 0.15) is 0 Å². The van der Waals surface area contributed by atoms with Gasteiger partial charge in [-0.2, -0.15) is 0 Å². The van der Waals surface area contributed by atoms with Gasteiger partial charge in [-0.15, -0.1) is 12.4 Å². The average molecular weight is 374 g/mol. The maximum absolute atomic E-state index is 13.2. The van der Waals surface area contributed by atoms with Gasteiger partial charge in [-0.3, -0.25) is 14.9 Å². The Morgan fingerprint density at radius 1 is 1.44 bits per heavy atom. The minimum atomic E-state index is -2.83. The number of halogens is 3. The largest absolute Gasteiger partial charge is 0.348 e. The fraction of sp³-hybridized carbons (Fsp3) is 0.529. The SMILES string of the molecule is CC(NC(=O)C1CC(F)(F)CN1)c1cccc(N2CCCC2=O)c1.Cl. The van der Waals surface area contributed by atoms with Gasteiger partial charge >= 0.3 is 0 Å². The van der Waals surface area contributed by atoms with E-state index >= 15 is 0 Å². The predicted octanol–water partition coefficient (Wildman–Crippen LogP) is 2.41. The summed E-state index contributed by atoms with van der Waals surface area (Å²) in [5.74, 6) is -3.16. The van der Waals surface area contributed by atoms with E-state index in [9.17, 15) is 18.4 Å². The van der Waals surface area contributed by atoms with Crippen molar-refractivity contribution in [2.45, 2.75) is 44.2 Å². The zero-order valence-corrected chi connectivity index (χ0v) is 14.7. The third-order valence-electron chi connectivity index (χ3n) is 4.54. The Morgan fingerprint density at radius 2 is 2.20 bits per heavy atom. The molecule has 2 aliphatic rings. The number of amides is 2. The lowest BCUT2D eigenvalue weighted by molar-refractivity contribution is -0.124. The second-order valence-corrected chi connectivity index (χ2v) is 6.47. The van der Waals surface area contributed by atoms with Crippen molar-refractivity contribution in [1.29, 1.82) is 0 Å². The first-order valence-corrected chi connectivity index (χ1v) is 8.18. The highest BCUT2D eigenvalue weighted by Crippen LogP contribution is 2.27. The van der Waals surface area contributed by atoms with E-state index in [0.29, 0.717) is 13.0 Å². The molecule has 2 saturated heterocycles. The Morgan fingerprint density at radius 3 is 2.80 bits per heavy atom. The third kappa shape index (κ3) is 4.46. The summed E-state index contributed by atoms with van der Waals surface area (Å²) in [5, 5.41) is 5.32. The molecule has 0 aliphatic carbocycles. The first kappa shape index (κ1) is 19.6. The summed E-state index contributed by atoms with van der Waals surface area (Å²) >= 11 is 0. The number of anilines is 1. The van der Waals surface area contributed by atoms with Gasteiger partial charge in [-0.25, -0.2) is 8.78 Å². The van der Waals surface area contributed by atoms with E-state index in [4.69, 9.17) is 0 Å². The van der Waals surface area contributed by atoms with Crippen LogP contribution in [0, 0.1) is 0 Å². The first-order valence-electron chi connectivity index (χ1n) is 8.18. The van der Waals surface area contributed by atoms with Crippen molar-refractivity contribution in [3.05, 3.63) is 29.8 Å². The van der Waals surface area contributed by atoms with Crippen molar-refractivity contribution in [3.8, 4) is 0 Å². The van der Waals surface area contributed by atoms with Gasteiger partial charge in [0, 0.05) is 25.1 Å². The molecule has 3 rings (SSSR count). The van der Waals surface area contributed by atoms with Crippen LogP contribution >= 0.6 is 12.4 Å². The van der Waals surface area contributed by atoms with E-state index in [0.717, 1.165) is 17.7 Å². The second-order valence-electron chi connectivity index (χ2n) is 6.47. The zero-order chi connectivity index (χ0) is 17.3. The van der Waals surface area contributed by atoms with Crippen LogP contribution in [0.15, 0.2) is 24.3 Å². The highest BCUT2D eigenvalue weighted by Gasteiger charge is 2.42. The lowest BCUT2D eigenvalue weighted by Crippen LogP contribution is -2.41. The number of nitrogens with one attached hydrogen (secondary N) is 2. The number of carbonyl (C=O) groups is 2. The van der Waals surface area contributed by atoms with Gasteiger partial charge in [-0.1, -0.05) is 12.1 Å². The Labute approximate surface area is 151 Å². The van der Waals surface area contributed by atoms with Gasteiger partial charge in [0.25, 0.3) is 5.92 Å². The number of benzene rings is 1. The summed E-state index contributed by atoms with van der Waals surface area (Å²) in [4.78, 5) is 25.7. The summed E-state index contributed by atoms with van der Waals surface area (Å²) in [6.07, 6.45) is 0.920. The number of hydrogen-bond donors (Lipinski definition) is 2. The predicted molar refractivity (Wildman–Crippen MR) is 93.2 cm³/mol. The normalized spacial score (nSPS) is 23.2. The molecular weight excluding hydrogens is 352 g/mol. The topological polar surface area (TPSA) is 61.4 Å². The fourth-order valence-electron chi connectivity index (χ4n) is 3.18. The Hall–Kier alpha value is -1.73. The van der Waals surface area contributed by atoms with Crippen molar-refractivity contribution >= 4 is 29.9 Å². The molecular formula is C17H22ClF2N3O2. The van der Waals surface area contributed by atoms with Crippen molar-refractivity contribution in [1.82, 2.24) is 10.6 Å². The minimum Gasteiger partial charge on any atom is -0.348 e. The smallest absolute Gasteiger partial charge is 0.262 e. The average Bonchev–Trinajstić information content (AvgIpc) is 3.12. The molecule has 2 aliphatic heterocycles. The van der Waals surface area contributed by atoms with E-state index in [1.54, 1.807) is 11.8 Å². The summed E-state index contributed by atoms with van der Waals surface area (Å²) in [7, 11) is 0. The van der Waals surface area contributed by atoms with E-state index in [-0.39, 0.29) is 24.4 Å². The summed E-state index contributed by atoms with van der Waals surface area (Å²) in [6.45, 7) is 2.03. The van der Waals surface area contributed by atoms with Crippen LogP contribution in [0.25, 0.3) is 0 Å². The molecule has 2 amide bonds. The van der Waals surface area contributed by atoms with Gasteiger partial charge in [0.05, 0.1) is 18.6 Å². The lowest BCUT2D eigenvalue weighted by atomic mass is 10.1. The number of carbonyl (C=O) groups excluding carboxylic acids is 2. The summed E-state index contributed by atoms with van der Waals surface area (Å²) in [6, 6.07) is 6.22. The zero-order valence-electron chi connectivity index (χ0n) is 13.9. The molecule has 1 aromatic rings. The molecule has 0 bridgehead atoms. The molecule has 0 saturated carbocycles. The summed E-state index contributed by atoms with van der Waals surface area (Å²) in [5.41, 5.74) is 1.65. The van der Waals surface area contributed by atoms with E-state index in [1.165, 1.54) is 0 Å². The number of nitrogens with zero attached hydrogens (tertiary/aromatic N) is 1. The molecule has 138 valence electrons. The molecule has 8 heteroatoms. The number of alkyl halides is 2. The fourth-order valence-corrected chi connectivity index (χ4v) is 3.18. The van der Waals surface area contributed by atoms with E-state index < -0.39 is 30.8 Å². The van der Waals surface area contributed by atoms with E-state index in [1.807, 2.05) is 24.3 Å². The van der Waals surface area contributed by atoms with Crippen molar-refractivity contribution < 1.29 is 18.4 Å². The van der Waals surface area contributed by atoms with Crippen LogP contribution < -0.4 is 15.5 Å². The van der Waals surface area contributed by atoms with E-state index in [2.05, 4.69) is 10.6 Å². The van der Waals surface area contributed by atoms with Crippen LogP contribution in [0.2, 0.25) is 0 Å². The van der Waals surface area contributed by atoms with Crippen LogP contribution in [0.3, 0.4) is 0 Å². The van der Waals surface area contributed by atoms with Crippen molar-refractivity contribution in [3.63, 3.8) is 0 Å². The molecule has 2 unspecified atom stereocenters. The maximum atomic E-state index is 13.2. The number of rotatable bonds is 4. The van der Waals surface area contributed by atoms with Gasteiger partial charge in [0.2, 0.25) is 11.8 Å². The Bertz CT molecular complexity index is 657. The molecule has 2 fully saturated rings. The minimum absolute atomic E-state index is 0. The van der Waals surface area contributed by atoms with Gasteiger partial charge < -0.3 is 10.2 Å². The highest BCUT2D eigenvalue weighted by molar-refractivity contribution is 5.95. The van der Waals surface area contributed by atoms with Crippen LogP contribution in [-0.4, -0.2) is 36.9 Å². The molecule has 2 heterocycles. The lowest BCUT2D eigenvalue weighted by Gasteiger charge is -2.21. The van der Waals surface area contributed by atoms with Crippen LogP contribution in [0.5, 0.6) is 0 Å². The number of hydrogen-bond acceptors (Lipinski definition) is 3. The molecule has 25 heavy (non-hydrogen) atoms. The van der Waals surface area contributed by atoms with Gasteiger partial charge in [-0.05, 0) is 31.0 Å². The molecule has 0 radical (unpaired) electrons. The molecule has 1 aromatic carbocycles. The monoisotopic (exact) mass is 373 g/mol. The van der Waals surface area contributed by atoms with Crippen molar-refractivity contribution in [2.75, 3.05) is 18.0 Å². The highest BCUT2D eigenvalue weighted by atomic mass is 35.5. The first-order chi connectivity index (χ1) is 11.4. The van der Waals surface area contributed by atoms with Crippen LogP contribution in [-0.2, 0) is 9.59 Å². The third-order valence-corrected chi connectivity index (χ3v) is 4.54. The molecule has 0 spiro atoms. The Balaban J connectivity index is 0.00000225. The van der Waals surface area contributed by atoms with Crippen LogP contribution in [0.1, 0.15) is 37.8 Å². The Kier molecular flexibility index (Phi) is 6.00. The second kappa shape index (κ2) is 7.66. The quantitative estimate of drug-likeness (QED) is 0.852. The summed E-state index contributed by atoms with van der Waals surface area (Å²) < 4.78 is 26.4.